The first-order valence-corrected chi connectivity index (χ1v) is 7.63. The molecule has 1 aromatic heterocycles. The lowest BCUT2D eigenvalue weighted by atomic mass is 9.97. The Morgan fingerprint density at radius 1 is 1.67 bits per heavy atom. The second-order valence-corrected chi connectivity index (χ2v) is 6.08. The van der Waals surface area contributed by atoms with Crippen LogP contribution in [0.15, 0.2) is 12.4 Å². The lowest BCUT2D eigenvalue weighted by Crippen LogP contribution is -2.51. The molecule has 0 aromatic carbocycles. The number of aliphatic carboxylic acids is 1. The summed E-state index contributed by atoms with van der Waals surface area (Å²) in [6, 6.07) is 0.280. The van der Waals surface area contributed by atoms with Crippen molar-refractivity contribution in [3.05, 3.63) is 18.2 Å². The number of rotatable bonds is 7. The van der Waals surface area contributed by atoms with Crippen LogP contribution >= 0.6 is 0 Å². The minimum Gasteiger partial charge on any atom is -0.480 e. The summed E-state index contributed by atoms with van der Waals surface area (Å²) in [5.41, 5.74) is -0.753. The fourth-order valence-electron chi connectivity index (χ4n) is 3.09. The third-order valence-electron chi connectivity index (χ3n) is 4.55. The molecule has 0 amide bonds. The highest BCUT2D eigenvalue weighted by Crippen LogP contribution is 2.33. The minimum atomic E-state index is -0.753. The van der Waals surface area contributed by atoms with Gasteiger partial charge in [-0.2, -0.15) is 0 Å². The molecule has 6 nitrogen and oxygen atoms in total. The Kier molecular flexibility index (Phi) is 5.00. The van der Waals surface area contributed by atoms with Crippen LogP contribution in [-0.2, 0) is 18.4 Å². The van der Waals surface area contributed by atoms with Crippen molar-refractivity contribution in [1.82, 2.24) is 19.8 Å². The van der Waals surface area contributed by atoms with Crippen LogP contribution in [0.1, 0.15) is 38.4 Å². The molecule has 1 saturated carbocycles. The highest BCUT2D eigenvalue weighted by molar-refractivity contribution is 5.79. The number of imidazole rings is 1. The summed E-state index contributed by atoms with van der Waals surface area (Å²) in [6.45, 7) is 3.56. The van der Waals surface area contributed by atoms with Crippen LogP contribution in [0, 0.1) is 0 Å². The molecule has 1 fully saturated rings. The zero-order valence-electron chi connectivity index (χ0n) is 13.2. The van der Waals surface area contributed by atoms with Crippen molar-refractivity contribution in [2.75, 3.05) is 13.6 Å². The number of carboxylic acids is 1. The van der Waals surface area contributed by atoms with Crippen molar-refractivity contribution in [1.29, 1.82) is 0 Å². The molecule has 1 aliphatic carbocycles. The van der Waals surface area contributed by atoms with E-state index in [4.69, 9.17) is 0 Å². The largest absolute Gasteiger partial charge is 0.480 e. The van der Waals surface area contributed by atoms with E-state index in [0.717, 1.165) is 31.8 Å². The molecular formula is C15H26N4O2. The third-order valence-corrected chi connectivity index (χ3v) is 4.55. The fraction of sp³-hybridized carbons (Fsp3) is 0.733. The monoisotopic (exact) mass is 294 g/mol. The zero-order valence-corrected chi connectivity index (χ0v) is 13.2. The van der Waals surface area contributed by atoms with Crippen LogP contribution in [0.5, 0.6) is 0 Å². The number of hydrogen-bond acceptors (Lipinski definition) is 4. The number of aryl methyl sites for hydroxylation is 1. The molecule has 0 spiro atoms. The van der Waals surface area contributed by atoms with Gasteiger partial charge in [0.05, 0.1) is 6.54 Å². The van der Waals surface area contributed by atoms with E-state index < -0.39 is 11.5 Å². The molecule has 2 rings (SSSR count). The van der Waals surface area contributed by atoms with Gasteiger partial charge in [-0.25, -0.2) is 4.98 Å². The Bertz CT molecular complexity index is 488. The fourth-order valence-corrected chi connectivity index (χ4v) is 3.09. The topological polar surface area (TPSA) is 70.4 Å². The molecular weight excluding hydrogens is 268 g/mol. The Hall–Kier alpha value is -1.40. The van der Waals surface area contributed by atoms with E-state index in [-0.39, 0.29) is 6.04 Å². The lowest BCUT2D eigenvalue weighted by Gasteiger charge is -2.28. The van der Waals surface area contributed by atoms with Gasteiger partial charge in [0.25, 0.3) is 0 Å². The van der Waals surface area contributed by atoms with Crippen LogP contribution in [0.4, 0.5) is 0 Å². The van der Waals surface area contributed by atoms with Gasteiger partial charge in [0.2, 0.25) is 0 Å². The van der Waals surface area contributed by atoms with Crippen molar-refractivity contribution in [3.8, 4) is 0 Å². The first kappa shape index (κ1) is 16.0. The second-order valence-electron chi connectivity index (χ2n) is 6.08. The van der Waals surface area contributed by atoms with Gasteiger partial charge in [0, 0.05) is 25.5 Å². The number of nitrogens with zero attached hydrogens (tertiary/aromatic N) is 3. The molecule has 0 bridgehead atoms. The molecule has 2 N–H and O–H groups in total. The van der Waals surface area contributed by atoms with Gasteiger partial charge >= 0.3 is 5.97 Å². The average molecular weight is 294 g/mol. The molecule has 1 aromatic rings. The SMILES string of the molecule is CCCNC1(C(=O)O)CCC(N(C)Cc2nccn2C)C1. The van der Waals surface area contributed by atoms with Crippen LogP contribution < -0.4 is 5.32 Å². The Morgan fingerprint density at radius 3 is 3.00 bits per heavy atom. The zero-order chi connectivity index (χ0) is 15.5. The molecule has 0 aliphatic heterocycles. The highest BCUT2D eigenvalue weighted by Gasteiger charge is 2.46. The van der Waals surface area contributed by atoms with Crippen molar-refractivity contribution in [2.24, 2.45) is 7.05 Å². The molecule has 2 atom stereocenters. The van der Waals surface area contributed by atoms with Gasteiger partial charge in [-0.05, 0) is 39.3 Å². The van der Waals surface area contributed by atoms with Crippen LogP contribution in [0.3, 0.4) is 0 Å². The smallest absolute Gasteiger partial charge is 0.323 e. The van der Waals surface area contributed by atoms with Crippen LogP contribution in [0.2, 0.25) is 0 Å². The molecule has 0 radical (unpaired) electrons. The number of nitrogens with one attached hydrogen (secondary N) is 1. The number of aromatic nitrogens is 2. The molecule has 6 heteroatoms. The number of carbonyl (C=O) groups is 1. The second kappa shape index (κ2) is 6.58. The summed E-state index contributed by atoms with van der Waals surface area (Å²) in [7, 11) is 4.03. The van der Waals surface area contributed by atoms with Crippen molar-refractivity contribution in [2.45, 2.75) is 50.7 Å². The van der Waals surface area contributed by atoms with E-state index in [1.165, 1.54) is 0 Å². The first-order chi connectivity index (χ1) is 9.98. The predicted octanol–water partition coefficient (Wildman–Crippen LogP) is 1.23. The molecule has 1 aliphatic rings. The highest BCUT2D eigenvalue weighted by atomic mass is 16.4. The standard InChI is InChI=1S/C15H26N4O2/c1-4-7-17-15(14(20)21)6-5-12(10-15)19(3)11-13-16-8-9-18(13)2/h8-9,12,17H,4-7,10-11H2,1-3H3,(H,20,21). The maximum atomic E-state index is 11.7. The summed E-state index contributed by atoms with van der Waals surface area (Å²) < 4.78 is 2.01. The van der Waals surface area contributed by atoms with Gasteiger partial charge in [0.1, 0.15) is 11.4 Å². The maximum Gasteiger partial charge on any atom is 0.323 e. The van der Waals surface area contributed by atoms with Gasteiger partial charge in [-0.15, -0.1) is 0 Å². The summed E-state index contributed by atoms with van der Waals surface area (Å²) >= 11 is 0. The summed E-state index contributed by atoms with van der Waals surface area (Å²) in [5.74, 6) is 0.288. The third kappa shape index (κ3) is 3.44. The minimum absolute atomic E-state index is 0.280. The van der Waals surface area contributed by atoms with Crippen molar-refractivity contribution < 1.29 is 9.90 Å². The first-order valence-electron chi connectivity index (χ1n) is 7.63. The van der Waals surface area contributed by atoms with E-state index in [2.05, 4.69) is 29.2 Å². The Balaban J connectivity index is 1.99. The maximum absolute atomic E-state index is 11.7. The van der Waals surface area contributed by atoms with E-state index in [1.807, 2.05) is 17.8 Å². The van der Waals surface area contributed by atoms with E-state index in [0.29, 0.717) is 12.8 Å². The van der Waals surface area contributed by atoms with Gasteiger partial charge < -0.3 is 15.0 Å². The summed E-state index contributed by atoms with van der Waals surface area (Å²) in [4.78, 5) is 18.2. The van der Waals surface area contributed by atoms with Crippen molar-refractivity contribution >= 4 is 5.97 Å². The number of carboxylic acid groups (broad SMARTS) is 1. The van der Waals surface area contributed by atoms with Gasteiger partial charge in [0.15, 0.2) is 0 Å². The molecule has 0 saturated heterocycles. The van der Waals surface area contributed by atoms with Crippen molar-refractivity contribution in [3.63, 3.8) is 0 Å². The van der Waals surface area contributed by atoms with Gasteiger partial charge in [-0.3, -0.25) is 9.69 Å². The van der Waals surface area contributed by atoms with E-state index in [9.17, 15) is 9.90 Å². The van der Waals surface area contributed by atoms with E-state index in [1.54, 1.807) is 6.20 Å². The van der Waals surface area contributed by atoms with Gasteiger partial charge in [-0.1, -0.05) is 6.92 Å². The average Bonchev–Trinajstić information content (AvgIpc) is 3.05. The quantitative estimate of drug-likeness (QED) is 0.791. The summed E-state index contributed by atoms with van der Waals surface area (Å²) in [5, 5.41) is 12.8. The Labute approximate surface area is 126 Å². The molecule has 2 unspecified atom stereocenters. The predicted molar refractivity (Wildman–Crippen MR) is 81.0 cm³/mol. The molecule has 1 heterocycles. The normalized spacial score (nSPS) is 25.6. The van der Waals surface area contributed by atoms with Crippen LogP contribution in [-0.4, -0.2) is 50.7 Å². The molecule has 21 heavy (non-hydrogen) atoms. The van der Waals surface area contributed by atoms with Crippen LogP contribution in [0.25, 0.3) is 0 Å². The Morgan fingerprint density at radius 2 is 2.43 bits per heavy atom. The molecule has 118 valence electrons. The lowest BCUT2D eigenvalue weighted by molar-refractivity contribution is -0.144. The van der Waals surface area contributed by atoms with E-state index >= 15 is 0 Å². The summed E-state index contributed by atoms with van der Waals surface area (Å²) in [6.07, 6.45) is 6.93. The number of hydrogen-bond donors (Lipinski definition) is 2.